The van der Waals surface area contributed by atoms with Gasteiger partial charge in [-0.2, -0.15) is 0 Å². The van der Waals surface area contributed by atoms with Crippen LogP contribution in [0.5, 0.6) is 11.5 Å². The molecule has 184 valence electrons. The van der Waals surface area contributed by atoms with E-state index in [0.29, 0.717) is 46.0 Å². The predicted octanol–water partition coefficient (Wildman–Crippen LogP) is 5.68. The molecule has 0 saturated carbocycles. The predicted molar refractivity (Wildman–Crippen MR) is 142 cm³/mol. The van der Waals surface area contributed by atoms with Crippen LogP contribution in [0.3, 0.4) is 0 Å². The van der Waals surface area contributed by atoms with Crippen molar-refractivity contribution in [3.63, 3.8) is 0 Å². The lowest BCUT2D eigenvalue weighted by Crippen LogP contribution is -2.23. The Bertz CT molecular complexity index is 1300. The SMILES string of the molecule is CCOC(=O)c1ccc(N=C2S/C(=C/c3ccc(OCc4ccccc4)c(OC)c3)C(=O)N2C)cc1. The van der Waals surface area contributed by atoms with E-state index in [1.54, 1.807) is 51.4 Å². The number of carbonyl (C=O) groups excluding carboxylic acids is 2. The minimum Gasteiger partial charge on any atom is -0.493 e. The van der Waals surface area contributed by atoms with Crippen molar-refractivity contribution in [3.05, 3.63) is 94.4 Å². The molecule has 8 heteroatoms. The quantitative estimate of drug-likeness (QED) is 0.291. The lowest BCUT2D eigenvalue weighted by Gasteiger charge is -2.11. The highest BCUT2D eigenvalue weighted by Gasteiger charge is 2.30. The molecule has 0 unspecified atom stereocenters. The third-order valence-electron chi connectivity index (χ3n) is 5.33. The number of amides is 1. The minimum atomic E-state index is -0.378. The van der Waals surface area contributed by atoms with Gasteiger partial charge in [-0.05, 0) is 72.3 Å². The molecule has 1 amide bonds. The Labute approximate surface area is 214 Å². The molecule has 7 nitrogen and oxygen atoms in total. The monoisotopic (exact) mass is 502 g/mol. The summed E-state index contributed by atoms with van der Waals surface area (Å²) in [4.78, 5) is 31.3. The number of hydrogen-bond donors (Lipinski definition) is 0. The maximum absolute atomic E-state index is 12.8. The Hall–Kier alpha value is -4.04. The second kappa shape index (κ2) is 11.6. The van der Waals surface area contributed by atoms with Crippen molar-refractivity contribution < 1.29 is 23.8 Å². The fraction of sp³-hybridized carbons (Fsp3) is 0.179. The van der Waals surface area contributed by atoms with E-state index in [9.17, 15) is 9.59 Å². The largest absolute Gasteiger partial charge is 0.493 e. The molecule has 1 fully saturated rings. The van der Waals surface area contributed by atoms with Crippen LogP contribution < -0.4 is 9.47 Å². The van der Waals surface area contributed by atoms with Gasteiger partial charge in [-0.1, -0.05) is 36.4 Å². The number of amidine groups is 1. The fourth-order valence-corrected chi connectivity index (χ4v) is 4.42. The normalized spacial score (nSPS) is 15.4. The molecule has 1 saturated heterocycles. The van der Waals surface area contributed by atoms with Crippen LogP contribution in [0, 0.1) is 0 Å². The van der Waals surface area contributed by atoms with Gasteiger partial charge in [0.25, 0.3) is 5.91 Å². The fourth-order valence-electron chi connectivity index (χ4n) is 3.43. The first-order valence-corrected chi connectivity index (χ1v) is 12.2. The smallest absolute Gasteiger partial charge is 0.338 e. The average molecular weight is 503 g/mol. The molecular weight excluding hydrogens is 476 g/mol. The molecule has 36 heavy (non-hydrogen) atoms. The topological polar surface area (TPSA) is 77.4 Å². The maximum atomic E-state index is 12.8. The van der Waals surface area contributed by atoms with Crippen LogP contribution in [0.4, 0.5) is 5.69 Å². The Morgan fingerprint density at radius 3 is 2.47 bits per heavy atom. The summed E-state index contributed by atoms with van der Waals surface area (Å²) in [6.07, 6.45) is 1.80. The van der Waals surface area contributed by atoms with Crippen LogP contribution in [0.2, 0.25) is 0 Å². The van der Waals surface area contributed by atoms with Crippen molar-refractivity contribution in [2.75, 3.05) is 20.8 Å². The van der Waals surface area contributed by atoms with Gasteiger partial charge in [-0.25, -0.2) is 9.79 Å². The second-order valence-electron chi connectivity index (χ2n) is 7.82. The van der Waals surface area contributed by atoms with E-state index in [1.807, 2.05) is 48.5 Å². The third kappa shape index (κ3) is 5.95. The summed E-state index contributed by atoms with van der Waals surface area (Å²) in [5.74, 6) is 0.681. The van der Waals surface area contributed by atoms with Crippen molar-refractivity contribution in [3.8, 4) is 11.5 Å². The number of hydrogen-bond acceptors (Lipinski definition) is 7. The molecule has 3 aromatic carbocycles. The number of carbonyl (C=O) groups is 2. The van der Waals surface area contributed by atoms with Gasteiger partial charge in [0.05, 0.1) is 29.9 Å². The zero-order chi connectivity index (χ0) is 25.5. The van der Waals surface area contributed by atoms with Crippen LogP contribution in [0.15, 0.2) is 82.7 Å². The average Bonchev–Trinajstić information content (AvgIpc) is 3.16. The maximum Gasteiger partial charge on any atom is 0.338 e. The van der Waals surface area contributed by atoms with Crippen LogP contribution in [0.25, 0.3) is 6.08 Å². The van der Waals surface area contributed by atoms with Crippen molar-refractivity contribution in [2.45, 2.75) is 13.5 Å². The summed E-state index contributed by atoms with van der Waals surface area (Å²) in [5, 5.41) is 0.546. The number of aliphatic imine (C=N–C) groups is 1. The molecule has 1 aliphatic heterocycles. The van der Waals surface area contributed by atoms with Gasteiger partial charge in [0, 0.05) is 7.05 Å². The van der Waals surface area contributed by atoms with Gasteiger partial charge >= 0.3 is 5.97 Å². The van der Waals surface area contributed by atoms with Gasteiger partial charge in [-0.3, -0.25) is 9.69 Å². The summed E-state index contributed by atoms with van der Waals surface area (Å²) in [6, 6.07) is 22.2. The number of likely N-dealkylation sites (N-methyl/N-ethyl adjacent to an activating group) is 1. The van der Waals surface area contributed by atoms with E-state index < -0.39 is 0 Å². The number of esters is 1. The Morgan fingerprint density at radius 2 is 1.78 bits per heavy atom. The molecule has 1 aliphatic rings. The molecule has 0 aliphatic carbocycles. The molecule has 0 spiro atoms. The van der Waals surface area contributed by atoms with Crippen LogP contribution in [0.1, 0.15) is 28.4 Å². The molecular formula is C28H26N2O5S. The molecule has 3 aromatic rings. The Balaban J connectivity index is 1.49. The van der Waals surface area contributed by atoms with Gasteiger partial charge < -0.3 is 14.2 Å². The van der Waals surface area contributed by atoms with E-state index >= 15 is 0 Å². The van der Waals surface area contributed by atoms with E-state index in [2.05, 4.69) is 4.99 Å². The number of ether oxygens (including phenoxy) is 3. The Kier molecular flexibility index (Phi) is 8.07. The number of benzene rings is 3. The first-order valence-electron chi connectivity index (χ1n) is 11.4. The summed E-state index contributed by atoms with van der Waals surface area (Å²) in [7, 11) is 3.27. The highest BCUT2D eigenvalue weighted by atomic mass is 32.2. The standard InChI is InChI=1S/C28H26N2O5S/c1-4-34-27(32)21-11-13-22(14-12-21)29-28-30(2)26(31)25(36-28)17-20-10-15-23(24(16-20)33-3)35-18-19-8-6-5-7-9-19/h5-17H,4,18H2,1-3H3/b25-17+,29-28?. The lowest BCUT2D eigenvalue weighted by atomic mass is 10.2. The zero-order valence-corrected chi connectivity index (χ0v) is 21.1. The summed E-state index contributed by atoms with van der Waals surface area (Å²) >= 11 is 1.28. The van der Waals surface area contributed by atoms with Crippen molar-refractivity contribution in [2.24, 2.45) is 4.99 Å². The first kappa shape index (κ1) is 25.1. The number of methoxy groups -OCH3 is 1. The van der Waals surface area contributed by atoms with Crippen molar-refractivity contribution in [1.82, 2.24) is 4.90 Å². The van der Waals surface area contributed by atoms with Crippen molar-refractivity contribution in [1.29, 1.82) is 0 Å². The molecule has 0 aromatic heterocycles. The van der Waals surface area contributed by atoms with Gasteiger partial charge in [0.15, 0.2) is 16.7 Å². The summed E-state index contributed by atoms with van der Waals surface area (Å²) in [5.41, 5.74) is 2.95. The summed E-state index contributed by atoms with van der Waals surface area (Å²) in [6.45, 7) is 2.51. The van der Waals surface area contributed by atoms with Gasteiger partial charge in [-0.15, -0.1) is 0 Å². The molecule has 0 N–H and O–H groups in total. The number of rotatable bonds is 8. The third-order valence-corrected chi connectivity index (χ3v) is 6.39. The van der Waals surface area contributed by atoms with Crippen LogP contribution in [-0.4, -0.2) is 42.7 Å². The van der Waals surface area contributed by atoms with Gasteiger partial charge in [0.2, 0.25) is 0 Å². The van der Waals surface area contributed by atoms with Crippen LogP contribution >= 0.6 is 11.8 Å². The molecule has 1 heterocycles. The van der Waals surface area contributed by atoms with Crippen molar-refractivity contribution >= 4 is 40.6 Å². The van der Waals surface area contributed by atoms with Crippen LogP contribution in [-0.2, 0) is 16.1 Å². The zero-order valence-electron chi connectivity index (χ0n) is 20.3. The first-order chi connectivity index (χ1) is 17.5. The molecule has 4 rings (SSSR count). The van der Waals surface area contributed by atoms with E-state index in [1.165, 1.54) is 16.7 Å². The molecule has 0 atom stereocenters. The number of thioether (sulfide) groups is 1. The lowest BCUT2D eigenvalue weighted by molar-refractivity contribution is -0.121. The second-order valence-corrected chi connectivity index (χ2v) is 8.83. The minimum absolute atomic E-state index is 0.148. The van der Waals surface area contributed by atoms with E-state index in [0.717, 1.165) is 11.1 Å². The highest BCUT2D eigenvalue weighted by Crippen LogP contribution is 2.35. The summed E-state index contributed by atoms with van der Waals surface area (Å²) < 4.78 is 16.4. The molecule has 0 bridgehead atoms. The van der Waals surface area contributed by atoms with E-state index in [4.69, 9.17) is 14.2 Å². The Morgan fingerprint density at radius 1 is 1.03 bits per heavy atom. The molecule has 0 radical (unpaired) electrons. The van der Waals surface area contributed by atoms with E-state index in [-0.39, 0.29) is 11.9 Å². The highest BCUT2D eigenvalue weighted by molar-refractivity contribution is 8.18. The number of nitrogens with zero attached hydrogens (tertiary/aromatic N) is 2. The van der Waals surface area contributed by atoms with Gasteiger partial charge in [0.1, 0.15) is 6.61 Å².